The first-order chi connectivity index (χ1) is 9.42. The summed E-state index contributed by atoms with van der Waals surface area (Å²) < 4.78 is 5.13. The molecule has 2 aromatic heterocycles. The summed E-state index contributed by atoms with van der Waals surface area (Å²) in [5.74, 6) is 1.48. The van der Waals surface area contributed by atoms with Crippen LogP contribution in [0.25, 0.3) is 11.4 Å². The maximum atomic E-state index is 5.13. The molecular weight excluding hydrogens is 240 g/mol. The van der Waals surface area contributed by atoms with Gasteiger partial charge in [-0.2, -0.15) is 0 Å². The fraction of sp³-hybridized carbons (Fsp3) is 0.0714. The lowest BCUT2D eigenvalue weighted by Gasteiger charge is -2.04. The van der Waals surface area contributed by atoms with Gasteiger partial charge in [0, 0.05) is 5.56 Å². The Hall–Kier alpha value is -2.69. The van der Waals surface area contributed by atoms with Gasteiger partial charge in [-0.25, -0.2) is 15.0 Å². The number of oxazole rings is 1. The molecule has 3 rings (SSSR count). The summed E-state index contributed by atoms with van der Waals surface area (Å²) in [5.41, 5.74) is 1.85. The molecule has 1 aromatic carbocycles. The van der Waals surface area contributed by atoms with Crippen molar-refractivity contribution in [2.45, 2.75) is 6.54 Å². The van der Waals surface area contributed by atoms with E-state index in [4.69, 9.17) is 4.42 Å². The third kappa shape index (κ3) is 2.77. The standard InChI is InChI=1S/C14H12N4O/c1-2-4-11(5-3-1)14-17-6-12(7-18-14)16-9-13-8-15-10-19-13/h1-8,10,16H,9H2. The Bertz CT molecular complexity index is 620. The lowest BCUT2D eigenvalue weighted by atomic mass is 10.2. The topological polar surface area (TPSA) is 63.8 Å². The first kappa shape index (κ1) is 11.4. The quantitative estimate of drug-likeness (QED) is 0.773. The van der Waals surface area contributed by atoms with E-state index in [0.29, 0.717) is 12.4 Å². The highest BCUT2D eigenvalue weighted by Crippen LogP contribution is 2.15. The van der Waals surface area contributed by atoms with Crippen molar-refractivity contribution in [3.05, 3.63) is 61.1 Å². The minimum atomic E-state index is 0.564. The van der Waals surface area contributed by atoms with E-state index >= 15 is 0 Å². The van der Waals surface area contributed by atoms with Crippen LogP contribution in [0.1, 0.15) is 5.76 Å². The Morgan fingerprint density at radius 2 is 1.79 bits per heavy atom. The van der Waals surface area contributed by atoms with Crippen LogP contribution in [0.15, 0.2) is 59.7 Å². The molecule has 0 atom stereocenters. The molecule has 5 nitrogen and oxygen atoms in total. The van der Waals surface area contributed by atoms with Crippen LogP contribution < -0.4 is 5.32 Å². The molecule has 0 aliphatic rings. The molecule has 0 saturated carbocycles. The van der Waals surface area contributed by atoms with Crippen LogP contribution in [0.2, 0.25) is 0 Å². The zero-order chi connectivity index (χ0) is 12.9. The van der Waals surface area contributed by atoms with E-state index in [0.717, 1.165) is 17.0 Å². The van der Waals surface area contributed by atoms with Crippen LogP contribution in [0.4, 0.5) is 5.69 Å². The van der Waals surface area contributed by atoms with Crippen molar-refractivity contribution in [1.82, 2.24) is 15.0 Å². The van der Waals surface area contributed by atoms with Crippen molar-refractivity contribution in [2.24, 2.45) is 0 Å². The van der Waals surface area contributed by atoms with E-state index in [2.05, 4.69) is 20.3 Å². The monoisotopic (exact) mass is 252 g/mol. The minimum absolute atomic E-state index is 0.564. The molecule has 5 heteroatoms. The van der Waals surface area contributed by atoms with Crippen LogP contribution in [-0.2, 0) is 6.54 Å². The number of aromatic nitrogens is 3. The average molecular weight is 252 g/mol. The molecule has 0 radical (unpaired) electrons. The fourth-order valence-electron chi connectivity index (χ4n) is 1.67. The maximum Gasteiger partial charge on any atom is 0.180 e. The molecule has 0 amide bonds. The molecule has 94 valence electrons. The predicted octanol–water partition coefficient (Wildman–Crippen LogP) is 2.74. The third-order valence-corrected chi connectivity index (χ3v) is 2.63. The van der Waals surface area contributed by atoms with Crippen molar-refractivity contribution in [3.63, 3.8) is 0 Å². The fourth-order valence-corrected chi connectivity index (χ4v) is 1.67. The summed E-state index contributed by atoms with van der Waals surface area (Å²) in [5, 5.41) is 3.17. The molecule has 3 aromatic rings. The third-order valence-electron chi connectivity index (χ3n) is 2.63. The van der Waals surface area contributed by atoms with Gasteiger partial charge < -0.3 is 9.73 Å². The van der Waals surface area contributed by atoms with Gasteiger partial charge in [0.25, 0.3) is 0 Å². The predicted molar refractivity (Wildman–Crippen MR) is 71.3 cm³/mol. The summed E-state index contributed by atoms with van der Waals surface area (Å²) in [4.78, 5) is 12.5. The largest absolute Gasteiger partial charge is 0.447 e. The second kappa shape index (κ2) is 5.30. The van der Waals surface area contributed by atoms with E-state index in [-0.39, 0.29) is 0 Å². The molecule has 1 N–H and O–H groups in total. The number of rotatable bonds is 4. The van der Waals surface area contributed by atoms with Crippen molar-refractivity contribution in [3.8, 4) is 11.4 Å². The van der Waals surface area contributed by atoms with E-state index in [1.807, 2.05) is 30.3 Å². The van der Waals surface area contributed by atoms with Gasteiger partial charge in [0.1, 0.15) is 5.76 Å². The summed E-state index contributed by atoms with van der Waals surface area (Å²) in [6.45, 7) is 0.564. The Balaban J connectivity index is 1.69. The van der Waals surface area contributed by atoms with Gasteiger partial charge in [0.05, 0.1) is 30.8 Å². The number of anilines is 1. The first-order valence-electron chi connectivity index (χ1n) is 5.90. The zero-order valence-electron chi connectivity index (χ0n) is 10.2. The van der Waals surface area contributed by atoms with Crippen LogP contribution in [-0.4, -0.2) is 15.0 Å². The molecule has 0 saturated heterocycles. The second-order valence-corrected chi connectivity index (χ2v) is 3.98. The molecule has 19 heavy (non-hydrogen) atoms. The van der Waals surface area contributed by atoms with Gasteiger partial charge in [-0.15, -0.1) is 0 Å². The van der Waals surface area contributed by atoms with Crippen LogP contribution in [0.5, 0.6) is 0 Å². The number of benzene rings is 1. The van der Waals surface area contributed by atoms with E-state index < -0.39 is 0 Å². The average Bonchev–Trinajstić information content (AvgIpc) is 3.00. The van der Waals surface area contributed by atoms with Gasteiger partial charge in [-0.05, 0) is 0 Å². The lowest BCUT2D eigenvalue weighted by molar-refractivity contribution is 0.511. The number of nitrogens with zero attached hydrogens (tertiary/aromatic N) is 3. The Morgan fingerprint density at radius 3 is 2.47 bits per heavy atom. The van der Waals surface area contributed by atoms with Gasteiger partial charge in [0.2, 0.25) is 0 Å². The molecule has 2 heterocycles. The van der Waals surface area contributed by atoms with E-state index in [1.165, 1.54) is 6.39 Å². The van der Waals surface area contributed by atoms with Crippen LogP contribution in [0, 0.1) is 0 Å². The normalized spacial score (nSPS) is 10.3. The molecular formula is C14H12N4O. The summed E-state index contributed by atoms with van der Waals surface area (Å²) in [6, 6.07) is 9.87. The zero-order valence-corrected chi connectivity index (χ0v) is 10.2. The van der Waals surface area contributed by atoms with E-state index in [9.17, 15) is 0 Å². The minimum Gasteiger partial charge on any atom is -0.447 e. The van der Waals surface area contributed by atoms with Crippen molar-refractivity contribution in [2.75, 3.05) is 5.32 Å². The summed E-state index contributed by atoms with van der Waals surface area (Å²) in [6.07, 6.45) is 6.59. The highest BCUT2D eigenvalue weighted by molar-refractivity contribution is 5.55. The van der Waals surface area contributed by atoms with Crippen LogP contribution in [0.3, 0.4) is 0 Å². The smallest absolute Gasteiger partial charge is 0.180 e. The summed E-state index contributed by atoms with van der Waals surface area (Å²) >= 11 is 0. The van der Waals surface area contributed by atoms with Crippen molar-refractivity contribution >= 4 is 5.69 Å². The van der Waals surface area contributed by atoms with Gasteiger partial charge in [-0.1, -0.05) is 30.3 Å². The van der Waals surface area contributed by atoms with Crippen LogP contribution >= 0.6 is 0 Å². The SMILES string of the molecule is c1ccc(-c2ncc(NCc3cnco3)cn2)cc1. The van der Waals surface area contributed by atoms with Crippen molar-refractivity contribution < 1.29 is 4.42 Å². The van der Waals surface area contributed by atoms with Gasteiger partial charge in [-0.3, -0.25) is 0 Å². The van der Waals surface area contributed by atoms with E-state index in [1.54, 1.807) is 18.6 Å². The second-order valence-electron chi connectivity index (χ2n) is 3.98. The lowest BCUT2D eigenvalue weighted by Crippen LogP contribution is -2.00. The molecule has 0 spiro atoms. The molecule has 0 fully saturated rings. The molecule has 0 bridgehead atoms. The molecule has 0 unspecified atom stereocenters. The number of nitrogens with one attached hydrogen (secondary N) is 1. The number of hydrogen-bond acceptors (Lipinski definition) is 5. The Kier molecular flexibility index (Phi) is 3.18. The molecule has 0 aliphatic carbocycles. The molecule has 0 aliphatic heterocycles. The van der Waals surface area contributed by atoms with Crippen molar-refractivity contribution in [1.29, 1.82) is 0 Å². The number of hydrogen-bond donors (Lipinski definition) is 1. The Labute approximate surface area is 110 Å². The van der Waals surface area contributed by atoms with Gasteiger partial charge >= 0.3 is 0 Å². The summed E-state index contributed by atoms with van der Waals surface area (Å²) in [7, 11) is 0. The highest BCUT2D eigenvalue weighted by atomic mass is 16.3. The Morgan fingerprint density at radius 1 is 1.00 bits per heavy atom. The van der Waals surface area contributed by atoms with Gasteiger partial charge in [0.15, 0.2) is 12.2 Å². The first-order valence-corrected chi connectivity index (χ1v) is 5.90. The maximum absolute atomic E-state index is 5.13. The highest BCUT2D eigenvalue weighted by Gasteiger charge is 2.01.